The lowest BCUT2D eigenvalue weighted by atomic mass is 9.85. The minimum Gasteiger partial charge on any atom is -0.508 e. The fourth-order valence-corrected chi connectivity index (χ4v) is 6.43. The van der Waals surface area contributed by atoms with Crippen molar-refractivity contribution in [3.63, 3.8) is 0 Å². The minimum absolute atomic E-state index is 0.0139. The standard InChI is InChI=1S/C25H25F3N2O5S/c1-24(2,36(34,35)18-5-3-4-16(12-18)25(26,27)28)15-8-10-30(11-9-15)23(33)21-14-22(32)19-13-17(31)6-7-20(19)29-21/h3-7,12-15,31H,8-11H2,1-2H3,(H,29,32). The molecule has 1 aliphatic rings. The number of carbonyl (C=O) groups excluding carboxylic acids is 1. The van der Waals surface area contributed by atoms with Gasteiger partial charge in [0.05, 0.1) is 20.7 Å². The Balaban J connectivity index is 1.51. The number of halogens is 3. The van der Waals surface area contributed by atoms with Crippen LogP contribution in [0, 0.1) is 5.92 Å². The minimum atomic E-state index is -4.66. The molecular formula is C25H25F3N2O5S. The summed E-state index contributed by atoms with van der Waals surface area (Å²) in [5.41, 5.74) is -0.680. The van der Waals surface area contributed by atoms with Crippen LogP contribution in [0.5, 0.6) is 11.5 Å². The van der Waals surface area contributed by atoms with Gasteiger partial charge in [0.25, 0.3) is 5.91 Å². The third-order valence-corrected chi connectivity index (χ3v) is 9.51. The number of rotatable bonds is 4. The number of nitrogens with zero attached hydrogens (tertiary/aromatic N) is 2. The second-order valence-corrected chi connectivity index (χ2v) is 12.0. The van der Waals surface area contributed by atoms with E-state index in [4.69, 9.17) is 0 Å². The molecule has 2 heterocycles. The Labute approximate surface area is 206 Å². The molecular weight excluding hydrogens is 497 g/mol. The number of sulfone groups is 1. The van der Waals surface area contributed by atoms with Gasteiger partial charge in [-0.3, -0.25) is 4.79 Å². The molecule has 0 aliphatic carbocycles. The van der Waals surface area contributed by atoms with Gasteiger partial charge in [0, 0.05) is 24.5 Å². The van der Waals surface area contributed by atoms with E-state index < -0.39 is 38.1 Å². The van der Waals surface area contributed by atoms with Crippen molar-refractivity contribution in [3.8, 4) is 11.5 Å². The van der Waals surface area contributed by atoms with Gasteiger partial charge in [0.2, 0.25) is 0 Å². The molecule has 7 nitrogen and oxygen atoms in total. The molecule has 4 rings (SSSR count). The number of pyridine rings is 1. The van der Waals surface area contributed by atoms with E-state index in [2.05, 4.69) is 4.98 Å². The van der Waals surface area contributed by atoms with Crippen LogP contribution in [0.2, 0.25) is 0 Å². The van der Waals surface area contributed by atoms with E-state index in [1.54, 1.807) is 0 Å². The van der Waals surface area contributed by atoms with Crippen molar-refractivity contribution in [1.29, 1.82) is 0 Å². The number of aromatic nitrogens is 1. The van der Waals surface area contributed by atoms with E-state index >= 15 is 0 Å². The summed E-state index contributed by atoms with van der Waals surface area (Å²) in [5.74, 6) is -1.09. The van der Waals surface area contributed by atoms with Crippen LogP contribution in [-0.4, -0.2) is 52.3 Å². The number of piperidine rings is 1. The molecule has 0 spiro atoms. The molecule has 36 heavy (non-hydrogen) atoms. The fourth-order valence-electron chi connectivity index (χ4n) is 4.61. The van der Waals surface area contributed by atoms with E-state index in [1.165, 1.54) is 49.1 Å². The van der Waals surface area contributed by atoms with Crippen molar-refractivity contribution in [2.45, 2.75) is 42.5 Å². The van der Waals surface area contributed by atoms with E-state index in [1.807, 2.05) is 0 Å². The lowest BCUT2D eigenvalue weighted by Gasteiger charge is -2.40. The van der Waals surface area contributed by atoms with Crippen molar-refractivity contribution in [1.82, 2.24) is 9.88 Å². The van der Waals surface area contributed by atoms with Gasteiger partial charge in [-0.25, -0.2) is 13.4 Å². The SMILES string of the molecule is CC(C)(C1CCN(C(=O)c2cc(O)c3cc(O)ccc3n2)CC1)S(=O)(=O)c1cccc(C(F)(F)F)c1. The number of carbonyl (C=O) groups is 1. The van der Waals surface area contributed by atoms with Crippen LogP contribution >= 0.6 is 0 Å². The molecule has 2 N–H and O–H groups in total. The monoisotopic (exact) mass is 522 g/mol. The number of likely N-dealkylation sites (tertiary alicyclic amines) is 1. The number of hydrogen-bond acceptors (Lipinski definition) is 6. The van der Waals surface area contributed by atoms with Gasteiger partial charge in [0.1, 0.15) is 17.2 Å². The number of fused-ring (bicyclic) bond motifs is 1. The maximum absolute atomic E-state index is 13.4. The zero-order valence-electron chi connectivity index (χ0n) is 19.6. The van der Waals surface area contributed by atoms with Crippen molar-refractivity contribution >= 4 is 26.6 Å². The van der Waals surface area contributed by atoms with Crippen molar-refractivity contribution in [2.24, 2.45) is 5.92 Å². The Morgan fingerprint density at radius 1 is 1.03 bits per heavy atom. The van der Waals surface area contributed by atoms with Gasteiger partial charge in [-0.15, -0.1) is 0 Å². The van der Waals surface area contributed by atoms with Gasteiger partial charge >= 0.3 is 6.18 Å². The number of alkyl halides is 3. The molecule has 1 aliphatic heterocycles. The van der Waals surface area contributed by atoms with Crippen LogP contribution in [0.25, 0.3) is 10.9 Å². The highest BCUT2D eigenvalue weighted by Gasteiger charge is 2.45. The van der Waals surface area contributed by atoms with Crippen LogP contribution < -0.4 is 0 Å². The van der Waals surface area contributed by atoms with Crippen LogP contribution in [0.1, 0.15) is 42.7 Å². The van der Waals surface area contributed by atoms with Crippen molar-refractivity contribution in [2.75, 3.05) is 13.1 Å². The van der Waals surface area contributed by atoms with Gasteiger partial charge < -0.3 is 15.1 Å². The van der Waals surface area contributed by atoms with Gasteiger partial charge in [-0.2, -0.15) is 13.2 Å². The summed E-state index contributed by atoms with van der Waals surface area (Å²) in [5, 5.41) is 20.2. The first-order chi connectivity index (χ1) is 16.7. The second-order valence-electron chi connectivity index (χ2n) is 9.43. The summed E-state index contributed by atoms with van der Waals surface area (Å²) in [6.07, 6.45) is -4.01. The highest BCUT2D eigenvalue weighted by Crippen LogP contribution is 2.40. The summed E-state index contributed by atoms with van der Waals surface area (Å²) >= 11 is 0. The summed E-state index contributed by atoms with van der Waals surface area (Å²) in [6, 6.07) is 9.17. The number of phenols is 1. The second kappa shape index (κ2) is 8.95. The van der Waals surface area contributed by atoms with E-state index in [-0.39, 0.29) is 35.2 Å². The Hall–Kier alpha value is -3.34. The highest BCUT2D eigenvalue weighted by molar-refractivity contribution is 7.92. The molecule has 0 radical (unpaired) electrons. The Kier molecular flexibility index (Phi) is 6.40. The molecule has 192 valence electrons. The molecule has 0 unspecified atom stereocenters. The average Bonchev–Trinajstić information content (AvgIpc) is 2.83. The summed E-state index contributed by atoms with van der Waals surface area (Å²) in [6.45, 7) is 3.45. The Morgan fingerprint density at radius 2 is 1.69 bits per heavy atom. The van der Waals surface area contributed by atoms with Crippen molar-refractivity contribution in [3.05, 3.63) is 59.8 Å². The molecule has 3 aromatic rings. The normalized spacial score (nSPS) is 15.9. The molecule has 0 saturated carbocycles. The molecule has 11 heteroatoms. The predicted molar refractivity (Wildman–Crippen MR) is 126 cm³/mol. The predicted octanol–water partition coefficient (Wildman–Crippen LogP) is 4.77. The molecule has 1 aromatic heterocycles. The third-order valence-electron chi connectivity index (χ3n) is 6.92. The highest BCUT2D eigenvalue weighted by atomic mass is 32.2. The van der Waals surface area contributed by atoms with E-state index in [9.17, 15) is 36.6 Å². The van der Waals surface area contributed by atoms with Crippen LogP contribution in [0.4, 0.5) is 13.2 Å². The maximum Gasteiger partial charge on any atom is 0.416 e. The first-order valence-electron chi connectivity index (χ1n) is 11.3. The largest absolute Gasteiger partial charge is 0.508 e. The lowest BCUT2D eigenvalue weighted by Crippen LogP contribution is -2.47. The van der Waals surface area contributed by atoms with Crippen LogP contribution in [0.15, 0.2) is 53.4 Å². The quantitative estimate of drug-likeness (QED) is 0.511. The molecule has 2 aromatic carbocycles. The maximum atomic E-state index is 13.4. The smallest absolute Gasteiger partial charge is 0.416 e. The average molecular weight is 523 g/mol. The molecule has 1 saturated heterocycles. The van der Waals surface area contributed by atoms with E-state index in [0.29, 0.717) is 29.8 Å². The van der Waals surface area contributed by atoms with Gasteiger partial charge in [-0.1, -0.05) is 6.07 Å². The molecule has 0 bridgehead atoms. The Morgan fingerprint density at radius 3 is 2.33 bits per heavy atom. The molecule has 1 fully saturated rings. The summed E-state index contributed by atoms with van der Waals surface area (Å²) < 4.78 is 64.7. The molecule has 1 amide bonds. The number of hydrogen-bond donors (Lipinski definition) is 2. The van der Waals surface area contributed by atoms with E-state index in [0.717, 1.165) is 12.1 Å². The van der Waals surface area contributed by atoms with Crippen molar-refractivity contribution < 1.29 is 36.6 Å². The number of aromatic hydroxyl groups is 2. The zero-order valence-corrected chi connectivity index (χ0v) is 20.4. The van der Waals surface area contributed by atoms with Gasteiger partial charge in [-0.05, 0) is 69.0 Å². The topological polar surface area (TPSA) is 108 Å². The summed E-state index contributed by atoms with van der Waals surface area (Å²) in [7, 11) is -4.11. The number of phenolic OH excluding ortho intramolecular Hbond substituents is 1. The van der Waals surface area contributed by atoms with Crippen LogP contribution in [-0.2, 0) is 16.0 Å². The first kappa shape index (κ1) is 25.7. The lowest BCUT2D eigenvalue weighted by molar-refractivity contribution is -0.137. The van der Waals surface area contributed by atoms with Gasteiger partial charge in [0.15, 0.2) is 9.84 Å². The number of benzene rings is 2. The fraction of sp³-hybridized carbons (Fsp3) is 0.360. The zero-order chi connectivity index (χ0) is 26.5. The first-order valence-corrected chi connectivity index (χ1v) is 12.7. The van der Waals surface area contributed by atoms with Crippen LogP contribution in [0.3, 0.4) is 0 Å². The number of amides is 1. The molecule has 0 atom stereocenters. The third kappa shape index (κ3) is 4.59. The Bertz CT molecular complexity index is 1430. The summed E-state index contributed by atoms with van der Waals surface area (Å²) in [4.78, 5) is 18.4.